The van der Waals surface area contributed by atoms with Crippen LogP contribution in [0.3, 0.4) is 0 Å². The first kappa shape index (κ1) is 19.1. The van der Waals surface area contributed by atoms with Crippen LogP contribution in [0, 0.1) is 5.82 Å². The number of amides is 2. The lowest BCUT2D eigenvalue weighted by Gasteiger charge is -2.10. The van der Waals surface area contributed by atoms with Crippen LogP contribution in [0.2, 0.25) is 0 Å². The Labute approximate surface area is 160 Å². The molecule has 1 fully saturated rings. The molecule has 1 heterocycles. The van der Waals surface area contributed by atoms with Crippen molar-refractivity contribution in [3.05, 3.63) is 70.4 Å². The van der Waals surface area contributed by atoms with E-state index in [9.17, 15) is 14.0 Å². The Morgan fingerprint density at radius 3 is 2.44 bits per heavy atom. The molecule has 0 radical (unpaired) electrons. The van der Waals surface area contributed by atoms with Crippen molar-refractivity contribution in [1.29, 1.82) is 0 Å². The molecule has 1 saturated heterocycles. The lowest BCUT2D eigenvalue weighted by molar-refractivity contribution is -0.123. The van der Waals surface area contributed by atoms with Crippen molar-refractivity contribution in [2.24, 2.45) is 0 Å². The van der Waals surface area contributed by atoms with E-state index in [4.69, 9.17) is 9.47 Å². The summed E-state index contributed by atoms with van der Waals surface area (Å²) < 4.78 is 23.5. The van der Waals surface area contributed by atoms with Crippen molar-refractivity contribution in [3.8, 4) is 5.75 Å². The summed E-state index contributed by atoms with van der Waals surface area (Å²) >= 11 is 0.921. The molecule has 0 aliphatic carbocycles. The second-order valence-electron chi connectivity index (χ2n) is 5.81. The number of carbonyl (C=O) groups excluding carboxylic acids is 2. The van der Waals surface area contributed by atoms with Crippen LogP contribution in [0.1, 0.15) is 11.1 Å². The predicted molar refractivity (Wildman–Crippen MR) is 102 cm³/mol. The van der Waals surface area contributed by atoms with Gasteiger partial charge in [-0.3, -0.25) is 14.5 Å². The normalized spacial score (nSPS) is 15.6. The summed E-state index contributed by atoms with van der Waals surface area (Å²) in [4.78, 5) is 25.8. The number of halogens is 1. The summed E-state index contributed by atoms with van der Waals surface area (Å²) in [6.07, 6.45) is 1.68. The Bertz CT molecular complexity index is 849. The molecule has 140 valence electrons. The van der Waals surface area contributed by atoms with E-state index >= 15 is 0 Å². The van der Waals surface area contributed by atoms with Crippen LogP contribution in [0.25, 0.3) is 6.08 Å². The van der Waals surface area contributed by atoms with Gasteiger partial charge in [-0.1, -0.05) is 24.3 Å². The van der Waals surface area contributed by atoms with E-state index < -0.39 is 0 Å². The predicted octanol–water partition coefficient (Wildman–Crippen LogP) is 4.09. The van der Waals surface area contributed by atoms with Gasteiger partial charge in [-0.2, -0.15) is 0 Å². The Hall–Kier alpha value is -2.64. The number of carbonyl (C=O) groups is 2. The SMILES string of the molecule is COCCN1C(=O)S/C(=C/c2ccc(OCc3ccc(F)cc3)cc2)C1=O. The van der Waals surface area contributed by atoms with Gasteiger partial charge < -0.3 is 9.47 Å². The van der Waals surface area contributed by atoms with Crippen LogP contribution in [0.4, 0.5) is 9.18 Å². The third-order valence-electron chi connectivity index (χ3n) is 3.89. The van der Waals surface area contributed by atoms with Crippen molar-refractivity contribution in [2.45, 2.75) is 6.61 Å². The van der Waals surface area contributed by atoms with Crippen molar-refractivity contribution >= 4 is 29.0 Å². The van der Waals surface area contributed by atoms with Gasteiger partial charge in [0.15, 0.2) is 0 Å². The Kier molecular flexibility index (Phi) is 6.26. The molecule has 0 saturated carbocycles. The van der Waals surface area contributed by atoms with E-state index in [-0.39, 0.29) is 23.5 Å². The highest BCUT2D eigenvalue weighted by molar-refractivity contribution is 8.18. The number of hydrogen-bond donors (Lipinski definition) is 0. The average Bonchev–Trinajstić information content (AvgIpc) is 2.94. The number of hydrogen-bond acceptors (Lipinski definition) is 5. The topological polar surface area (TPSA) is 55.8 Å². The van der Waals surface area contributed by atoms with E-state index in [1.54, 1.807) is 30.3 Å². The van der Waals surface area contributed by atoms with Crippen molar-refractivity contribution in [3.63, 3.8) is 0 Å². The van der Waals surface area contributed by atoms with E-state index in [0.29, 0.717) is 23.9 Å². The summed E-state index contributed by atoms with van der Waals surface area (Å²) in [6, 6.07) is 13.3. The molecule has 0 spiro atoms. The number of ether oxygens (including phenoxy) is 2. The summed E-state index contributed by atoms with van der Waals surface area (Å²) in [5.74, 6) is 0.0677. The molecule has 3 rings (SSSR count). The lowest BCUT2D eigenvalue weighted by Crippen LogP contribution is -2.31. The van der Waals surface area contributed by atoms with E-state index in [1.165, 1.54) is 24.1 Å². The van der Waals surface area contributed by atoms with Crippen LogP contribution in [0.5, 0.6) is 5.75 Å². The first-order valence-electron chi connectivity index (χ1n) is 8.28. The first-order chi connectivity index (χ1) is 13.1. The van der Waals surface area contributed by atoms with Crippen molar-refractivity contribution in [1.82, 2.24) is 4.90 Å². The van der Waals surface area contributed by atoms with E-state index in [0.717, 1.165) is 22.9 Å². The number of methoxy groups -OCH3 is 1. The van der Waals surface area contributed by atoms with Gasteiger partial charge >= 0.3 is 0 Å². The van der Waals surface area contributed by atoms with Crippen LogP contribution in [-0.2, 0) is 16.1 Å². The third-order valence-corrected chi connectivity index (χ3v) is 4.80. The quantitative estimate of drug-likeness (QED) is 0.670. The molecule has 0 aromatic heterocycles. The molecule has 7 heteroatoms. The van der Waals surface area contributed by atoms with Crippen LogP contribution in [0.15, 0.2) is 53.4 Å². The molecule has 5 nitrogen and oxygen atoms in total. The van der Waals surface area contributed by atoms with Gasteiger partial charge in [0.2, 0.25) is 0 Å². The van der Waals surface area contributed by atoms with Gasteiger partial charge in [0.25, 0.3) is 11.1 Å². The Morgan fingerprint density at radius 1 is 1.07 bits per heavy atom. The number of thioether (sulfide) groups is 1. The summed E-state index contributed by atoms with van der Waals surface area (Å²) in [5, 5.41) is -0.289. The maximum Gasteiger partial charge on any atom is 0.293 e. The molecule has 0 bridgehead atoms. The van der Waals surface area contributed by atoms with Gasteiger partial charge in [-0.15, -0.1) is 0 Å². The van der Waals surface area contributed by atoms with Gasteiger partial charge in [-0.25, -0.2) is 4.39 Å². The highest BCUT2D eigenvalue weighted by Gasteiger charge is 2.34. The van der Waals surface area contributed by atoms with E-state index in [1.807, 2.05) is 12.1 Å². The first-order valence-corrected chi connectivity index (χ1v) is 9.10. The summed E-state index contributed by atoms with van der Waals surface area (Å²) in [5.41, 5.74) is 1.66. The Morgan fingerprint density at radius 2 is 1.78 bits per heavy atom. The molecule has 1 aliphatic rings. The fraction of sp³-hybridized carbons (Fsp3) is 0.200. The average molecular weight is 387 g/mol. The molecule has 2 amide bonds. The molecule has 2 aromatic carbocycles. The molecule has 0 N–H and O–H groups in total. The van der Waals surface area contributed by atoms with Crippen molar-refractivity contribution < 1.29 is 23.5 Å². The fourth-order valence-corrected chi connectivity index (χ4v) is 3.30. The van der Waals surface area contributed by atoms with Crippen LogP contribution < -0.4 is 4.74 Å². The van der Waals surface area contributed by atoms with Gasteiger partial charge in [-0.05, 0) is 53.2 Å². The molecular weight excluding hydrogens is 369 g/mol. The molecule has 0 atom stereocenters. The number of imide groups is 1. The Balaban J connectivity index is 1.61. The second kappa shape index (κ2) is 8.83. The van der Waals surface area contributed by atoms with Gasteiger partial charge in [0.1, 0.15) is 18.2 Å². The van der Waals surface area contributed by atoms with E-state index in [2.05, 4.69) is 0 Å². The standard InChI is InChI=1S/C20H18FNO4S/c1-25-11-10-22-19(23)18(27-20(22)24)12-14-4-8-17(9-5-14)26-13-15-2-6-16(21)7-3-15/h2-9,12H,10-11,13H2,1H3/b18-12+. The van der Waals surface area contributed by atoms with Gasteiger partial charge in [0.05, 0.1) is 18.1 Å². The third kappa shape index (κ3) is 4.96. The zero-order valence-electron chi connectivity index (χ0n) is 14.7. The minimum atomic E-state index is -0.307. The highest BCUT2D eigenvalue weighted by atomic mass is 32.2. The largest absolute Gasteiger partial charge is 0.489 e. The summed E-state index contributed by atoms with van der Waals surface area (Å²) in [6.45, 7) is 0.887. The second-order valence-corrected chi connectivity index (χ2v) is 6.80. The number of benzene rings is 2. The number of nitrogens with zero attached hydrogens (tertiary/aromatic N) is 1. The zero-order chi connectivity index (χ0) is 19.2. The van der Waals surface area contributed by atoms with Crippen LogP contribution >= 0.6 is 11.8 Å². The van der Waals surface area contributed by atoms with Crippen molar-refractivity contribution in [2.75, 3.05) is 20.3 Å². The smallest absolute Gasteiger partial charge is 0.293 e. The minimum absolute atomic E-state index is 0.245. The van der Waals surface area contributed by atoms with Crippen LogP contribution in [-0.4, -0.2) is 36.3 Å². The molecule has 27 heavy (non-hydrogen) atoms. The fourth-order valence-electron chi connectivity index (χ4n) is 2.43. The molecule has 1 aliphatic heterocycles. The number of rotatable bonds is 7. The maximum absolute atomic E-state index is 12.9. The minimum Gasteiger partial charge on any atom is -0.489 e. The monoisotopic (exact) mass is 387 g/mol. The molecular formula is C20H18FNO4S. The lowest BCUT2D eigenvalue weighted by atomic mass is 10.2. The maximum atomic E-state index is 12.9. The highest BCUT2D eigenvalue weighted by Crippen LogP contribution is 2.32. The van der Waals surface area contributed by atoms with Gasteiger partial charge in [0, 0.05) is 7.11 Å². The molecule has 0 unspecified atom stereocenters. The summed E-state index contributed by atoms with van der Waals surface area (Å²) in [7, 11) is 1.52. The molecule has 2 aromatic rings. The zero-order valence-corrected chi connectivity index (χ0v) is 15.5.